The van der Waals surface area contributed by atoms with Crippen molar-refractivity contribution in [3.05, 3.63) is 84.6 Å². The zero-order valence-corrected chi connectivity index (χ0v) is 17.9. The van der Waals surface area contributed by atoms with Crippen LogP contribution in [-0.4, -0.2) is 23.2 Å². The maximum atomic E-state index is 15.5. The van der Waals surface area contributed by atoms with Gasteiger partial charge in [-0.2, -0.15) is 5.10 Å². The quantitative estimate of drug-likeness (QED) is 0.422. The molecule has 0 bridgehead atoms. The van der Waals surface area contributed by atoms with Crippen LogP contribution in [0.25, 0.3) is 22.4 Å². The molecule has 1 aliphatic rings. The van der Waals surface area contributed by atoms with Crippen LogP contribution >= 0.6 is 0 Å². The van der Waals surface area contributed by atoms with E-state index >= 15 is 4.39 Å². The normalized spacial score (nSPS) is 13.8. The summed E-state index contributed by atoms with van der Waals surface area (Å²) in [6.45, 7) is 0. The molecule has 168 valence electrons. The molecule has 0 spiro atoms. The first-order valence-electron chi connectivity index (χ1n) is 10.1. The van der Waals surface area contributed by atoms with Gasteiger partial charge in [0.25, 0.3) is 10.0 Å². The summed E-state index contributed by atoms with van der Waals surface area (Å²) in [7, 11) is -4.59. The number of hydrogen-bond donors (Lipinski definition) is 1. The molecule has 2 heterocycles. The second-order valence-electron chi connectivity index (χ2n) is 7.69. The summed E-state index contributed by atoms with van der Waals surface area (Å²) in [6, 6.07) is 9.97. The minimum Gasteiger partial charge on any atom is -0.277 e. The highest BCUT2D eigenvalue weighted by Crippen LogP contribution is 2.40. The molecule has 0 saturated heterocycles. The average molecular weight is 470 g/mol. The summed E-state index contributed by atoms with van der Waals surface area (Å²) in [4.78, 5) is 3.09. The van der Waals surface area contributed by atoms with E-state index in [2.05, 4.69) is 10.1 Å². The SMILES string of the molecule is O=S(=O)(Nc1cccc(-c2nn(C3CC3)cc2-c2ccncc2)c1F)c1cc(F)ccc1F. The first kappa shape index (κ1) is 21.2. The molecule has 0 radical (unpaired) electrons. The predicted molar refractivity (Wildman–Crippen MR) is 116 cm³/mol. The number of nitrogens with one attached hydrogen (secondary N) is 1. The van der Waals surface area contributed by atoms with Gasteiger partial charge in [0, 0.05) is 29.7 Å². The van der Waals surface area contributed by atoms with Gasteiger partial charge >= 0.3 is 0 Å². The topological polar surface area (TPSA) is 76.9 Å². The Bertz CT molecular complexity index is 1450. The van der Waals surface area contributed by atoms with Gasteiger partial charge in [-0.15, -0.1) is 0 Å². The molecule has 33 heavy (non-hydrogen) atoms. The number of pyridine rings is 1. The summed E-state index contributed by atoms with van der Waals surface area (Å²) >= 11 is 0. The van der Waals surface area contributed by atoms with Crippen LogP contribution in [0.1, 0.15) is 18.9 Å². The van der Waals surface area contributed by atoms with E-state index in [0.717, 1.165) is 24.5 Å². The molecule has 1 fully saturated rings. The standard InChI is InChI=1S/C23H17F3N4O2S/c24-15-4-7-19(25)21(12-15)33(31,32)29-20-3-1-2-17(22(20)26)23-18(14-8-10-27-11-9-14)13-30(28-23)16-5-6-16/h1-4,7-13,16,29H,5-6H2. The smallest absolute Gasteiger partial charge is 0.265 e. The first-order chi connectivity index (χ1) is 15.8. The summed E-state index contributed by atoms with van der Waals surface area (Å²) in [5, 5.41) is 4.57. The number of aromatic nitrogens is 3. The Balaban J connectivity index is 1.58. The zero-order chi connectivity index (χ0) is 23.2. The zero-order valence-electron chi connectivity index (χ0n) is 17.0. The molecule has 4 aromatic rings. The van der Waals surface area contributed by atoms with Crippen LogP contribution in [0, 0.1) is 17.5 Å². The van der Waals surface area contributed by atoms with Crippen molar-refractivity contribution in [3.63, 3.8) is 0 Å². The molecule has 2 aromatic heterocycles. The predicted octanol–water partition coefficient (Wildman–Crippen LogP) is 5.17. The molecule has 1 N–H and O–H groups in total. The Kier molecular flexibility index (Phi) is 5.16. The molecule has 1 aliphatic carbocycles. The Labute approximate surface area is 187 Å². The Morgan fingerprint density at radius 2 is 1.73 bits per heavy atom. The van der Waals surface area contributed by atoms with E-state index in [4.69, 9.17) is 0 Å². The van der Waals surface area contributed by atoms with Crippen LogP contribution in [0.3, 0.4) is 0 Å². The molecule has 6 nitrogen and oxygen atoms in total. The first-order valence-corrected chi connectivity index (χ1v) is 11.6. The van der Waals surface area contributed by atoms with Crippen LogP contribution in [0.2, 0.25) is 0 Å². The van der Waals surface area contributed by atoms with Gasteiger partial charge in [0.05, 0.1) is 11.7 Å². The van der Waals surface area contributed by atoms with Crippen molar-refractivity contribution in [3.8, 4) is 22.4 Å². The van der Waals surface area contributed by atoms with Crippen molar-refractivity contribution < 1.29 is 21.6 Å². The number of benzene rings is 2. The van der Waals surface area contributed by atoms with E-state index in [-0.39, 0.29) is 11.6 Å². The molecule has 5 rings (SSSR count). The molecule has 0 atom stereocenters. The lowest BCUT2D eigenvalue weighted by molar-refractivity contribution is 0.555. The number of anilines is 1. The van der Waals surface area contributed by atoms with Crippen molar-refractivity contribution in [1.82, 2.24) is 14.8 Å². The largest absolute Gasteiger partial charge is 0.277 e. The third kappa shape index (κ3) is 4.09. The minimum atomic E-state index is -4.59. The lowest BCUT2D eigenvalue weighted by Gasteiger charge is -2.12. The number of hydrogen-bond acceptors (Lipinski definition) is 4. The number of rotatable bonds is 6. The lowest BCUT2D eigenvalue weighted by Crippen LogP contribution is -2.16. The Morgan fingerprint density at radius 3 is 2.45 bits per heavy atom. The van der Waals surface area contributed by atoms with Gasteiger partial charge in [-0.1, -0.05) is 6.07 Å². The third-order valence-electron chi connectivity index (χ3n) is 5.33. The summed E-state index contributed by atoms with van der Waals surface area (Å²) in [5.74, 6) is -2.96. The van der Waals surface area contributed by atoms with E-state index in [1.165, 1.54) is 18.2 Å². The second kappa shape index (κ2) is 8.04. The Hall–Kier alpha value is -3.66. The van der Waals surface area contributed by atoms with Crippen molar-refractivity contribution in [1.29, 1.82) is 0 Å². The molecular formula is C23H17F3N4O2S. The van der Waals surface area contributed by atoms with Crippen molar-refractivity contribution in [2.24, 2.45) is 0 Å². The molecule has 0 aliphatic heterocycles. The number of halogens is 3. The van der Waals surface area contributed by atoms with Crippen molar-refractivity contribution in [2.45, 2.75) is 23.8 Å². The molecule has 1 saturated carbocycles. The van der Waals surface area contributed by atoms with Gasteiger partial charge in [0.15, 0.2) is 5.82 Å². The van der Waals surface area contributed by atoms with Gasteiger partial charge in [-0.3, -0.25) is 14.4 Å². The second-order valence-corrected chi connectivity index (χ2v) is 9.34. The van der Waals surface area contributed by atoms with Gasteiger partial charge < -0.3 is 0 Å². The van der Waals surface area contributed by atoms with Gasteiger partial charge in [0.1, 0.15) is 22.2 Å². The minimum absolute atomic E-state index is 0.0705. The van der Waals surface area contributed by atoms with Gasteiger partial charge in [0.2, 0.25) is 0 Å². The van der Waals surface area contributed by atoms with E-state index in [9.17, 15) is 17.2 Å². The van der Waals surface area contributed by atoms with Crippen molar-refractivity contribution in [2.75, 3.05) is 4.72 Å². The molecular weight excluding hydrogens is 453 g/mol. The van der Waals surface area contributed by atoms with Crippen LogP contribution in [0.4, 0.5) is 18.9 Å². The molecule has 0 unspecified atom stereocenters. The monoisotopic (exact) mass is 470 g/mol. The Morgan fingerprint density at radius 1 is 0.970 bits per heavy atom. The highest BCUT2D eigenvalue weighted by atomic mass is 32.2. The lowest BCUT2D eigenvalue weighted by atomic mass is 10.0. The fourth-order valence-corrected chi connectivity index (χ4v) is 4.69. The van der Waals surface area contributed by atoms with Crippen molar-refractivity contribution >= 4 is 15.7 Å². The molecule has 0 amide bonds. The maximum Gasteiger partial charge on any atom is 0.265 e. The highest BCUT2D eigenvalue weighted by Gasteiger charge is 2.28. The number of sulfonamides is 1. The van der Waals surface area contributed by atoms with Crippen LogP contribution in [0.5, 0.6) is 0 Å². The van der Waals surface area contributed by atoms with Gasteiger partial charge in [-0.25, -0.2) is 21.6 Å². The van der Waals surface area contributed by atoms with Crippen LogP contribution in [-0.2, 0) is 10.0 Å². The van der Waals surface area contributed by atoms with E-state index in [1.54, 1.807) is 29.2 Å². The van der Waals surface area contributed by atoms with E-state index < -0.39 is 38.1 Å². The van der Waals surface area contributed by atoms with Gasteiger partial charge in [-0.05, 0) is 60.9 Å². The average Bonchev–Trinajstić information content (AvgIpc) is 3.56. The summed E-state index contributed by atoms with van der Waals surface area (Å²) < 4.78 is 72.2. The summed E-state index contributed by atoms with van der Waals surface area (Å²) in [6.07, 6.45) is 7.00. The molecule has 2 aromatic carbocycles. The van der Waals surface area contributed by atoms with E-state index in [1.807, 2.05) is 10.9 Å². The summed E-state index contributed by atoms with van der Waals surface area (Å²) in [5.41, 5.74) is 1.45. The third-order valence-corrected chi connectivity index (χ3v) is 6.71. The van der Waals surface area contributed by atoms with E-state index in [0.29, 0.717) is 23.4 Å². The molecule has 10 heteroatoms. The van der Waals surface area contributed by atoms with Crippen LogP contribution < -0.4 is 4.72 Å². The maximum absolute atomic E-state index is 15.5. The number of nitrogens with zero attached hydrogens (tertiary/aromatic N) is 3. The van der Waals surface area contributed by atoms with Crippen LogP contribution in [0.15, 0.2) is 72.0 Å². The fraction of sp³-hybridized carbons (Fsp3) is 0.130. The fourth-order valence-electron chi connectivity index (χ4n) is 3.54. The highest BCUT2D eigenvalue weighted by molar-refractivity contribution is 7.92.